The van der Waals surface area contributed by atoms with Crippen molar-refractivity contribution in [2.24, 2.45) is 0 Å². The molecule has 0 aliphatic rings. The van der Waals surface area contributed by atoms with Crippen LogP contribution in [0.4, 0.5) is 0 Å². The molecule has 0 spiro atoms. The lowest BCUT2D eigenvalue weighted by molar-refractivity contribution is 0.0697. The highest BCUT2D eigenvalue weighted by molar-refractivity contribution is 7.89. The molecule has 0 unspecified atom stereocenters. The standard InChI is InChI=1S/C12H11ClN2O4S/c13-11-2-1-9(5-10(11)12(16)17)20(18,19)15-7-8-3-4-14-6-8/h1-6,14-15H,7H2,(H,16,17). The molecule has 1 aromatic heterocycles. The second-order valence-corrected chi connectivity index (χ2v) is 6.16. The van der Waals surface area contributed by atoms with Gasteiger partial charge in [0.05, 0.1) is 15.5 Å². The molecule has 0 atom stereocenters. The van der Waals surface area contributed by atoms with Gasteiger partial charge in [-0.3, -0.25) is 0 Å². The third-order valence-electron chi connectivity index (χ3n) is 2.61. The fourth-order valence-corrected chi connectivity index (χ4v) is 2.81. The number of hydrogen-bond acceptors (Lipinski definition) is 3. The Morgan fingerprint density at radius 2 is 2.10 bits per heavy atom. The maximum Gasteiger partial charge on any atom is 0.337 e. The first-order valence-corrected chi connectivity index (χ1v) is 7.40. The number of aromatic nitrogens is 1. The van der Waals surface area contributed by atoms with Crippen LogP contribution in [0.5, 0.6) is 0 Å². The van der Waals surface area contributed by atoms with Crippen LogP contribution < -0.4 is 4.72 Å². The highest BCUT2D eigenvalue weighted by Crippen LogP contribution is 2.20. The zero-order valence-corrected chi connectivity index (χ0v) is 11.7. The van der Waals surface area contributed by atoms with Crippen molar-refractivity contribution in [1.29, 1.82) is 0 Å². The van der Waals surface area contributed by atoms with Crippen molar-refractivity contribution in [1.82, 2.24) is 9.71 Å². The molecule has 3 N–H and O–H groups in total. The monoisotopic (exact) mass is 314 g/mol. The van der Waals surface area contributed by atoms with E-state index in [0.29, 0.717) is 0 Å². The number of carboxylic acid groups (broad SMARTS) is 1. The SMILES string of the molecule is O=C(O)c1cc(S(=O)(=O)NCc2cc[nH]c2)ccc1Cl. The maximum absolute atomic E-state index is 12.1. The summed E-state index contributed by atoms with van der Waals surface area (Å²) < 4.78 is 26.5. The molecule has 20 heavy (non-hydrogen) atoms. The van der Waals surface area contributed by atoms with Crippen LogP contribution in [-0.2, 0) is 16.6 Å². The van der Waals surface area contributed by atoms with Gasteiger partial charge in [-0.25, -0.2) is 17.9 Å². The normalized spacial score (nSPS) is 11.4. The van der Waals surface area contributed by atoms with Crippen molar-refractivity contribution >= 4 is 27.6 Å². The summed E-state index contributed by atoms with van der Waals surface area (Å²) in [5, 5.41) is 8.92. The van der Waals surface area contributed by atoms with E-state index in [2.05, 4.69) is 9.71 Å². The fraction of sp³-hybridized carbons (Fsp3) is 0.0833. The summed E-state index contributed by atoms with van der Waals surface area (Å²) in [5.41, 5.74) is 0.511. The first-order chi connectivity index (χ1) is 9.40. The van der Waals surface area contributed by atoms with E-state index in [1.54, 1.807) is 18.5 Å². The summed E-state index contributed by atoms with van der Waals surface area (Å²) in [5.74, 6) is -1.28. The van der Waals surface area contributed by atoms with Gasteiger partial charge in [-0.2, -0.15) is 0 Å². The summed E-state index contributed by atoms with van der Waals surface area (Å²) in [6, 6.07) is 5.27. The van der Waals surface area contributed by atoms with Crippen molar-refractivity contribution < 1.29 is 18.3 Å². The molecular weight excluding hydrogens is 304 g/mol. The summed E-state index contributed by atoms with van der Waals surface area (Å²) in [6.45, 7) is 0.108. The lowest BCUT2D eigenvalue weighted by Crippen LogP contribution is -2.23. The molecule has 0 saturated heterocycles. The van der Waals surface area contributed by atoms with Gasteiger partial charge in [0.15, 0.2) is 0 Å². The van der Waals surface area contributed by atoms with E-state index in [1.165, 1.54) is 12.1 Å². The first-order valence-electron chi connectivity index (χ1n) is 5.54. The van der Waals surface area contributed by atoms with E-state index >= 15 is 0 Å². The Bertz CT molecular complexity index is 726. The van der Waals surface area contributed by atoms with E-state index in [1.807, 2.05) is 0 Å². The molecule has 0 aliphatic heterocycles. The predicted octanol–water partition coefficient (Wildman–Crippen LogP) is 1.84. The van der Waals surface area contributed by atoms with E-state index in [-0.39, 0.29) is 22.0 Å². The number of H-pyrrole nitrogens is 1. The number of carboxylic acids is 1. The summed E-state index contributed by atoms with van der Waals surface area (Å²) in [4.78, 5) is 13.6. The Morgan fingerprint density at radius 3 is 2.70 bits per heavy atom. The summed E-state index contributed by atoms with van der Waals surface area (Å²) in [7, 11) is -3.80. The van der Waals surface area contributed by atoms with Crippen LogP contribution >= 0.6 is 11.6 Å². The van der Waals surface area contributed by atoms with Crippen LogP contribution in [0, 0.1) is 0 Å². The molecule has 1 aromatic carbocycles. The van der Waals surface area contributed by atoms with Crippen molar-refractivity contribution in [3.05, 3.63) is 52.8 Å². The smallest absolute Gasteiger partial charge is 0.337 e. The zero-order valence-electron chi connectivity index (χ0n) is 10.1. The van der Waals surface area contributed by atoms with Crippen LogP contribution in [0.15, 0.2) is 41.6 Å². The van der Waals surface area contributed by atoms with Gasteiger partial charge < -0.3 is 10.1 Å². The van der Waals surface area contributed by atoms with E-state index in [9.17, 15) is 13.2 Å². The average molecular weight is 315 g/mol. The molecular formula is C12H11ClN2O4S. The molecule has 2 aromatic rings. The third-order valence-corrected chi connectivity index (χ3v) is 4.34. The van der Waals surface area contributed by atoms with Crippen LogP contribution in [0.1, 0.15) is 15.9 Å². The van der Waals surface area contributed by atoms with Gasteiger partial charge in [-0.15, -0.1) is 0 Å². The van der Waals surface area contributed by atoms with Gasteiger partial charge in [-0.1, -0.05) is 11.6 Å². The van der Waals surface area contributed by atoms with Crippen molar-refractivity contribution in [3.8, 4) is 0 Å². The number of halogens is 1. The maximum atomic E-state index is 12.1. The molecule has 6 nitrogen and oxygen atoms in total. The van der Waals surface area contributed by atoms with Crippen LogP contribution in [0.25, 0.3) is 0 Å². The fourth-order valence-electron chi connectivity index (χ4n) is 1.57. The van der Waals surface area contributed by atoms with Gasteiger partial charge in [0.25, 0.3) is 0 Å². The zero-order chi connectivity index (χ0) is 14.8. The van der Waals surface area contributed by atoms with Gasteiger partial charge in [0, 0.05) is 18.9 Å². The molecule has 2 rings (SSSR count). The van der Waals surface area contributed by atoms with Crippen LogP contribution in [0.3, 0.4) is 0 Å². The van der Waals surface area contributed by atoms with Crippen LogP contribution in [0.2, 0.25) is 5.02 Å². The number of nitrogens with one attached hydrogen (secondary N) is 2. The number of aromatic amines is 1. The molecule has 1 heterocycles. The number of benzene rings is 1. The predicted molar refractivity (Wildman–Crippen MR) is 73.2 cm³/mol. The largest absolute Gasteiger partial charge is 0.478 e. The Morgan fingerprint density at radius 1 is 1.35 bits per heavy atom. The number of hydrogen-bond donors (Lipinski definition) is 3. The Labute approximate surface area is 120 Å². The summed E-state index contributed by atoms with van der Waals surface area (Å²) in [6.07, 6.45) is 3.33. The minimum Gasteiger partial charge on any atom is -0.478 e. The Kier molecular flexibility index (Phi) is 4.12. The van der Waals surface area contributed by atoms with Crippen molar-refractivity contribution in [3.63, 3.8) is 0 Å². The van der Waals surface area contributed by atoms with E-state index in [4.69, 9.17) is 16.7 Å². The van der Waals surface area contributed by atoms with Crippen LogP contribution in [-0.4, -0.2) is 24.5 Å². The molecule has 0 bridgehead atoms. The third kappa shape index (κ3) is 3.19. The molecule has 0 amide bonds. The van der Waals surface area contributed by atoms with Gasteiger partial charge >= 0.3 is 5.97 Å². The number of rotatable bonds is 5. The molecule has 0 fully saturated rings. The molecule has 8 heteroatoms. The lowest BCUT2D eigenvalue weighted by atomic mass is 10.2. The highest BCUT2D eigenvalue weighted by atomic mass is 35.5. The second kappa shape index (κ2) is 5.66. The molecule has 106 valence electrons. The topological polar surface area (TPSA) is 99.3 Å². The summed E-state index contributed by atoms with van der Waals surface area (Å²) >= 11 is 5.70. The minimum absolute atomic E-state index is 0.0120. The first kappa shape index (κ1) is 14.6. The van der Waals surface area contributed by atoms with Crippen molar-refractivity contribution in [2.75, 3.05) is 0 Å². The van der Waals surface area contributed by atoms with Gasteiger partial charge in [-0.05, 0) is 29.8 Å². The second-order valence-electron chi connectivity index (χ2n) is 3.99. The number of sulfonamides is 1. The van der Waals surface area contributed by atoms with E-state index < -0.39 is 16.0 Å². The number of carbonyl (C=O) groups is 1. The quantitative estimate of drug-likeness (QED) is 0.784. The van der Waals surface area contributed by atoms with Crippen molar-refractivity contribution in [2.45, 2.75) is 11.4 Å². The van der Waals surface area contributed by atoms with E-state index in [0.717, 1.165) is 11.6 Å². The average Bonchev–Trinajstić information content (AvgIpc) is 2.89. The van der Waals surface area contributed by atoms with Gasteiger partial charge in [0.1, 0.15) is 0 Å². The molecule has 0 saturated carbocycles. The molecule has 0 radical (unpaired) electrons. The minimum atomic E-state index is -3.80. The lowest BCUT2D eigenvalue weighted by Gasteiger charge is -2.07. The number of aromatic carboxylic acids is 1. The van der Waals surface area contributed by atoms with Gasteiger partial charge in [0.2, 0.25) is 10.0 Å². The Hall–Kier alpha value is -1.83. The Balaban J connectivity index is 2.25. The molecule has 0 aliphatic carbocycles. The highest BCUT2D eigenvalue weighted by Gasteiger charge is 2.18.